The molecule has 1 atom stereocenters. The first-order chi connectivity index (χ1) is 10.1. The lowest BCUT2D eigenvalue weighted by Gasteiger charge is -2.17. The van der Waals surface area contributed by atoms with Crippen molar-refractivity contribution in [2.24, 2.45) is 16.9 Å². The average molecular weight is 312 g/mol. The van der Waals surface area contributed by atoms with Gasteiger partial charge in [0.15, 0.2) is 9.84 Å². The Morgan fingerprint density at radius 3 is 2.62 bits per heavy atom. The highest BCUT2D eigenvalue weighted by Crippen LogP contribution is 2.24. The van der Waals surface area contributed by atoms with Gasteiger partial charge in [0, 0.05) is 12.6 Å². The van der Waals surface area contributed by atoms with Crippen molar-refractivity contribution >= 4 is 22.0 Å². The van der Waals surface area contributed by atoms with Crippen molar-refractivity contribution in [2.75, 3.05) is 11.5 Å². The molecule has 1 aliphatic carbocycles. The van der Waals surface area contributed by atoms with Gasteiger partial charge >= 0.3 is 0 Å². The van der Waals surface area contributed by atoms with Gasteiger partial charge in [-0.1, -0.05) is 25.3 Å². The number of allylic oxidation sites excluding steroid dienone is 2. The first kappa shape index (κ1) is 16.2. The van der Waals surface area contributed by atoms with Crippen molar-refractivity contribution in [2.45, 2.75) is 44.9 Å². The van der Waals surface area contributed by atoms with Gasteiger partial charge in [-0.15, -0.1) is 0 Å². The highest BCUT2D eigenvalue weighted by molar-refractivity contribution is 7.91. The van der Waals surface area contributed by atoms with E-state index in [4.69, 9.17) is 0 Å². The average Bonchev–Trinajstić information content (AvgIpc) is 2.78. The van der Waals surface area contributed by atoms with Crippen molar-refractivity contribution in [3.63, 3.8) is 0 Å². The Bertz CT molecular complexity index is 505. The van der Waals surface area contributed by atoms with Crippen LogP contribution in [0.4, 0.5) is 0 Å². The number of rotatable bonds is 5. The zero-order valence-electron chi connectivity index (χ0n) is 12.3. The summed E-state index contributed by atoms with van der Waals surface area (Å²) in [6.07, 6.45) is 12.9. The molecule has 0 aromatic rings. The molecular weight excluding hydrogens is 288 g/mol. The van der Waals surface area contributed by atoms with E-state index in [1.54, 1.807) is 6.21 Å². The maximum Gasteiger partial charge on any atom is 0.240 e. The van der Waals surface area contributed by atoms with E-state index in [1.807, 2.05) is 6.08 Å². The molecule has 1 heterocycles. The summed E-state index contributed by atoms with van der Waals surface area (Å²) in [7, 11) is -2.91. The van der Waals surface area contributed by atoms with Crippen molar-refractivity contribution in [3.8, 4) is 0 Å². The van der Waals surface area contributed by atoms with Crippen molar-refractivity contribution in [1.82, 2.24) is 5.43 Å². The number of sulfone groups is 1. The molecule has 0 aromatic carbocycles. The zero-order valence-corrected chi connectivity index (χ0v) is 13.1. The van der Waals surface area contributed by atoms with E-state index >= 15 is 0 Å². The molecule has 2 fully saturated rings. The predicted octanol–water partition coefficient (Wildman–Crippen LogP) is 2.05. The van der Waals surface area contributed by atoms with Gasteiger partial charge in [0.05, 0.1) is 11.5 Å². The number of hydrazone groups is 1. The largest absolute Gasteiger partial charge is 0.273 e. The quantitative estimate of drug-likeness (QED) is 0.623. The van der Waals surface area contributed by atoms with E-state index in [9.17, 15) is 13.2 Å². The molecule has 1 amide bonds. The molecule has 1 N–H and O–H groups in total. The summed E-state index contributed by atoms with van der Waals surface area (Å²) in [5.74, 6) is 0.719. The molecule has 21 heavy (non-hydrogen) atoms. The molecule has 0 radical (unpaired) electrons. The fourth-order valence-electron chi connectivity index (χ4n) is 3.03. The molecule has 5 nitrogen and oxygen atoms in total. The summed E-state index contributed by atoms with van der Waals surface area (Å²) in [6, 6.07) is 0. The normalized spacial score (nSPS) is 26.6. The minimum absolute atomic E-state index is 0.0528. The summed E-state index contributed by atoms with van der Waals surface area (Å²) in [5.41, 5.74) is 2.46. The Hall–Kier alpha value is -1.17. The topological polar surface area (TPSA) is 75.6 Å². The number of carbonyl (C=O) groups excluding carboxylic acids is 1. The van der Waals surface area contributed by atoms with E-state index in [0.717, 1.165) is 0 Å². The summed E-state index contributed by atoms with van der Waals surface area (Å²) < 4.78 is 22.6. The van der Waals surface area contributed by atoms with Gasteiger partial charge in [-0.2, -0.15) is 5.10 Å². The van der Waals surface area contributed by atoms with E-state index in [-0.39, 0.29) is 29.8 Å². The second-order valence-electron chi connectivity index (χ2n) is 6.07. The van der Waals surface area contributed by atoms with E-state index in [0.29, 0.717) is 12.3 Å². The van der Waals surface area contributed by atoms with Crippen LogP contribution in [-0.2, 0) is 14.6 Å². The molecule has 1 aliphatic heterocycles. The molecular formula is C15H24N2O3S. The van der Waals surface area contributed by atoms with Gasteiger partial charge in [0.2, 0.25) is 5.91 Å². The highest BCUT2D eigenvalue weighted by Gasteiger charge is 2.29. The van der Waals surface area contributed by atoms with Crippen LogP contribution >= 0.6 is 0 Å². The van der Waals surface area contributed by atoms with Crippen LogP contribution in [0.25, 0.3) is 0 Å². The van der Waals surface area contributed by atoms with Crippen molar-refractivity contribution in [1.29, 1.82) is 0 Å². The maximum atomic E-state index is 11.6. The lowest BCUT2D eigenvalue weighted by molar-refractivity contribution is -0.121. The van der Waals surface area contributed by atoms with Gasteiger partial charge in [-0.05, 0) is 37.2 Å². The summed E-state index contributed by atoms with van der Waals surface area (Å²) >= 11 is 0. The van der Waals surface area contributed by atoms with Crippen LogP contribution in [0.15, 0.2) is 17.3 Å². The summed E-state index contributed by atoms with van der Waals surface area (Å²) in [6.45, 7) is 0. The molecule has 0 bridgehead atoms. The molecule has 0 spiro atoms. The second kappa shape index (κ2) is 7.73. The zero-order chi connectivity index (χ0) is 15.1. The Labute approximate surface area is 126 Å². The minimum atomic E-state index is -2.91. The first-order valence-corrected chi connectivity index (χ1v) is 9.56. The molecule has 2 aliphatic rings. The van der Waals surface area contributed by atoms with Crippen LogP contribution in [-0.4, -0.2) is 32.0 Å². The number of hydrogen-bond acceptors (Lipinski definition) is 4. The van der Waals surface area contributed by atoms with E-state index in [1.165, 1.54) is 32.1 Å². The SMILES string of the molecule is O=C(CC1CCS(=O)(=O)C1)N/N=C/C=C/C1CCCCC1. The molecule has 6 heteroatoms. The maximum absolute atomic E-state index is 11.6. The monoisotopic (exact) mass is 312 g/mol. The molecule has 1 unspecified atom stereocenters. The Morgan fingerprint density at radius 1 is 1.19 bits per heavy atom. The molecule has 1 saturated carbocycles. The van der Waals surface area contributed by atoms with Gasteiger partial charge in [-0.3, -0.25) is 4.79 Å². The summed E-state index contributed by atoms with van der Waals surface area (Å²) in [5, 5.41) is 3.87. The van der Waals surface area contributed by atoms with Crippen LogP contribution < -0.4 is 5.43 Å². The second-order valence-corrected chi connectivity index (χ2v) is 8.30. The third-order valence-corrected chi connectivity index (χ3v) is 6.02. The van der Waals surface area contributed by atoms with Gasteiger partial charge in [-0.25, -0.2) is 13.8 Å². The fraction of sp³-hybridized carbons (Fsp3) is 0.733. The molecule has 0 aromatic heterocycles. The Morgan fingerprint density at radius 2 is 1.95 bits per heavy atom. The standard InChI is InChI=1S/C15H24N2O3S/c18-15(11-14-8-10-21(19,20)12-14)17-16-9-4-7-13-5-2-1-3-6-13/h4,7,9,13-14H,1-3,5-6,8,10-12H2,(H,17,18)/b7-4+,16-9+. The lowest BCUT2D eigenvalue weighted by Crippen LogP contribution is -2.21. The van der Waals surface area contributed by atoms with Gasteiger partial charge in [0.1, 0.15) is 0 Å². The van der Waals surface area contributed by atoms with Crippen molar-refractivity contribution < 1.29 is 13.2 Å². The van der Waals surface area contributed by atoms with E-state index < -0.39 is 9.84 Å². The highest BCUT2D eigenvalue weighted by atomic mass is 32.2. The smallest absolute Gasteiger partial charge is 0.240 e. The van der Waals surface area contributed by atoms with Crippen LogP contribution in [0.3, 0.4) is 0 Å². The van der Waals surface area contributed by atoms with Crippen molar-refractivity contribution in [3.05, 3.63) is 12.2 Å². The third-order valence-electron chi connectivity index (χ3n) is 4.18. The molecule has 2 rings (SSSR count). The Kier molecular flexibility index (Phi) is 5.96. The Balaban J connectivity index is 1.64. The van der Waals surface area contributed by atoms with Gasteiger partial charge < -0.3 is 0 Å². The van der Waals surface area contributed by atoms with Crippen LogP contribution in [0.5, 0.6) is 0 Å². The number of amides is 1. The van der Waals surface area contributed by atoms with E-state index in [2.05, 4.69) is 16.6 Å². The summed E-state index contributed by atoms with van der Waals surface area (Å²) in [4.78, 5) is 11.6. The predicted molar refractivity (Wildman–Crippen MR) is 83.7 cm³/mol. The minimum Gasteiger partial charge on any atom is -0.273 e. The fourth-order valence-corrected chi connectivity index (χ4v) is 4.89. The first-order valence-electron chi connectivity index (χ1n) is 7.74. The van der Waals surface area contributed by atoms with Gasteiger partial charge in [0.25, 0.3) is 0 Å². The molecule has 1 saturated heterocycles. The van der Waals surface area contributed by atoms with Crippen LogP contribution in [0.2, 0.25) is 0 Å². The van der Waals surface area contributed by atoms with Crippen LogP contribution in [0.1, 0.15) is 44.9 Å². The number of hydrogen-bond donors (Lipinski definition) is 1. The number of nitrogens with zero attached hydrogens (tertiary/aromatic N) is 1. The molecule has 118 valence electrons. The third kappa shape index (κ3) is 5.99. The van der Waals surface area contributed by atoms with Crippen LogP contribution in [0, 0.1) is 11.8 Å². The lowest BCUT2D eigenvalue weighted by atomic mass is 9.89. The number of carbonyl (C=O) groups is 1. The number of nitrogens with one attached hydrogen (secondary N) is 1.